The monoisotopic (exact) mass is 384 g/mol. The van der Waals surface area contributed by atoms with E-state index in [1.165, 1.54) is 7.11 Å². The lowest BCUT2D eigenvalue weighted by Gasteiger charge is -2.38. The molecule has 0 amide bonds. The Bertz CT molecular complexity index is 857. The Morgan fingerprint density at radius 1 is 1.18 bits per heavy atom. The summed E-state index contributed by atoms with van der Waals surface area (Å²) in [6, 6.07) is 9.05. The Hall–Kier alpha value is -2.71. The zero-order valence-electron chi connectivity index (χ0n) is 16.1. The van der Waals surface area contributed by atoms with Crippen molar-refractivity contribution < 1.29 is 19.0 Å². The molecular formula is C20H24N4O4. The van der Waals surface area contributed by atoms with Crippen LogP contribution in [0.15, 0.2) is 30.3 Å². The molecule has 4 rings (SSSR count). The molecule has 2 saturated heterocycles. The van der Waals surface area contributed by atoms with Crippen LogP contribution in [0.1, 0.15) is 29.0 Å². The molecule has 1 N–H and O–H groups in total. The van der Waals surface area contributed by atoms with E-state index in [1.54, 1.807) is 18.2 Å². The molecule has 0 saturated carbocycles. The summed E-state index contributed by atoms with van der Waals surface area (Å²) >= 11 is 0. The van der Waals surface area contributed by atoms with E-state index in [4.69, 9.17) is 14.2 Å². The molecular weight excluding hydrogens is 360 g/mol. The minimum atomic E-state index is -0.409. The molecule has 3 heterocycles. The number of nitrogens with zero attached hydrogens (tertiary/aromatic N) is 3. The first kappa shape index (κ1) is 18.6. The minimum absolute atomic E-state index is 0.373. The normalized spacial score (nSPS) is 18.3. The Morgan fingerprint density at radius 3 is 2.64 bits per heavy atom. The van der Waals surface area contributed by atoms with Gasteiger partial charge in [0.1, 0.15) is 17.5 Å². The number of esters is 1. The average Bonchev–Trinajstić information content (AvgIpc) is 3.15. The third-order valence-corrected chi connectivity index (χ3v) is 5.04. The maximum absolute atomic E-state index is 11.7. The number of methoxy groups -OCH3 is 1. The van der Waals surface area contributed by atoms with Crippen molar-refractivity contribution in [1.29, 1.82) is 0 Å². The lowest BCUT2D eigenvalue weighted by molar-refractivity contribution is -0.169. The van der Waals surface area contributed by atoms with Gasteiger partial charge in [-0.2, -0.15) is 0 Å². The van der Waals surface area contributed by atoms with Crippen LogP contribution in [0, 0.1) is 6.92 Å². The van der Waals surface area contributed by atoms with Gasteiger partial charge in [0, 0.05) is 37.7 Å². The highest BCUT2D eigenvalue weighted by Crippen LogP contribution is 2.33. The first-order valence-electron chi connectivity index (χ1n) is 9.41. The van der Waals surface area contributed by atoms with Gasteiger partial charge in [0.25, 0.3) is 0 Å². The number of hydrogen-bond donors (Lipinski definition) is 1. The van der Waals surface area contributed by atoms with E-state index in [1.807, 2.05) is 19.1 Å². The van der Waals surface area contributed by atoms with E-state index < -0.39 is 5.79 Å². The molecule has 1 aromatic heterocycles. The molecule has 2 aromatic rings. The van der Waals surface area contributed by atoms with Gasteiger partial charge < -0.3 is 24.4 Å². The van der Waals surface area contributed by atoms with Crippen LogP contribution in [0.25, 0.3) is 0 Å². The highest BCUT2D eigenvalue weighted by atomic mass is 16.7. The summed E-state index contributed by atoms with van der Waals surface area (Å²) in [6.45, 7) is 4.84. The second-order valence-electron chi connectivity index (χ2n) is 6.95. The molecule has 2 aliphatic heterocycles. The number of hydrogen-bond acceptors (Lipinski definition) is 8. The smallest absolute Gasteiger partial charge is 0.337 e. The maximum Gasteiger partial charge on any atom is 0.337 e. The summed E-state index contributed by atoms with van der Waals surface area (Å²) in [5.74, 6) is 1.44. The predicted molar refractivity (Wildman–Crippen MR) is 104 cm³/mol. The van der Waals surface area contributed by atoms with Crippen molar-refractivity contribution in [2.45, 2.75) is 25.6 Å². The van der Waals surface area contributed by atoms with Gasteiger partial charge in [-0.15, -0.1) is 0 Å². The van der Waals surface area contributed by atoms with Crippen molar-refractivity contribution in [3.63, 3.8) is 0 Å². The maximum atomic E-state index is 11.7. The number of piperidine rings is 1. The number of aromatic nitrogens is 2. The van der Waals surface area contributed by atoms with Crippen LogP contribution in [-0.2, 0) is 14.2 Å². The van der Waals surface area contributed by atoms with Crippen LogP contribution in [-0.4, -0.2) is 55.1 Å². The van der Waals surface area contributed by atoms with Crippen LogP contribution >= 0.6 is 0 Å². The third kappa shape index (κ3) is 3.93. The molecule has 0 radical (unpaired) electrons. The van der Waals surface area contributed by atoms with Gasteiger partial charge in [0.2, 0.25) is 0 Å². The van der Waals surface area contributed by atoms with Crippen molar-refractivity contribution in [3.05, 3.63) is 41.7 Å². The zero-order valence-corrected chi connectivity index (χ0v) is 16.1. The molecule has 8 heteroatoms. The number of ether oxygens (including phenoxy) is 3. The number of carbonyl (C=O) groups excluding carboxylic acids is 1. The molecule has 0 bridgehead atoms. The fraction of sp³-hybridized carbons (Fsp3) is 0.450. The van der Waals surface area contributed by atoms with Gasteiger partial charge in [0.05, 0.1) is 25.9 Å². The Labute approximate surface area is 163 Å². The molecule has 2 aliphatic rings. The van der Waals surface area contributed by atoms with Crippen molar-refractivity contribution in [2.75, 3.05) is 43.6 Å². The molecule has 0 aliphatic carbocycles. The zero-order chi connectivity index (χ0) is 19.6. The number of carbonyl (C=O) groups is 1. The van der Waals surface area contributed by atoms with Gasteiger partial charge in [-0.05, 0) is 25.1 Å². The summed E-state index contributed by atoms with van der Waals surface area (Å²) in [5, 5.41) is 3.26. The van der Waals surface area contributed by atoms with E-state index in [-0.39, 0.29) is 5.97 Å². The van der Waals surface area contributed by atoms with Crippen molar-refractivity contribution in [1.82, 2.24) is 9.97 Å². The number of aryl methyl sites for hydroxylation is 1. The summed E-state index contributed by atoms with van der Waals surface area (Å²) in [5.41, 5.74) is 1.24. The number of nitrogens with one attached hydrogen (secondary N) is 1. The van der Waals surface area contributed by atoms with Crippen LogP contribution in [0.5, 0.6) is 0 Å². The number of benzene rings is 1. The van der Waals surface area contributed by atoms with Gasteiger partial charge >= 0.3 is 5.97 Å². The molecule has 148 valence electrons. The second kappa shape index (κ2) is 7.73. The van der Waals surface area contributed by atoms with Crippen LogP contribution < -0.4 is 10.2 Å². The van der Waals surface area contributed by atoms with Crippen LogP contribution in [0.2, 0.25) is 0 Å². The lowest BCUT2D eigenvalue weighted by atomic mass is 10.0. The highest BCUT2D eigenvalue weighted by Gasteiger charge is 2.40. The average molecular weight is 384 g/mol. The van der Waals surface area contributed by atoms with E-state index in [9.17, 15) is 4.79 Å². The molecule has 8 nitrogen and oxygen atoms in total. The Kier molecular flexibility index (Phi) is 5.15. The predicted octanol–water partition coefficient (Wildman–Crippen LogP) is 2.66. The molecule has 28 heavy (non-hydrogen) atoms. The van der Waals surface area contributed by atoms with E-state index in [0.29, 0.717) is 30.4 Å². The summed E-state index contributed by atoms with van der Waals surface area (Å²) in [7, 11) is 1.37. The molecule has 0 atom stereocenters. The SMILES string of the molecule is COC(=O)c1cccc(Nc2cc(N3CCC4(CC3)OCCO4)nc(C)n2)c1. The third-order valence-electron chi connectivity index (χ3n) is 5.04. The van der Waals surface area contributed by atoms with E-state index in [2.05, 4.69) is 20.2 Å². The van der Waals surface area contributed by atoms with Crippen LogP contribution in [0.3, 0.4) is 0 Å². The Morgan fingerprint density at radius 2 is 1.93 bits per heavy atom. The summed E-state index contributed by atoms with van der Waals surface area (Å²) < 4.78 is 16.4. The first-order chi connectivity index (χ1) is 13.6. The van der Waals surface area contributed by atoms with Gasteiger partial charge in [-0.1, -0.05) is 6.07 Å². The number of anilines is 3. The molecule has 1 spiro atoms. The van der Waals surface area contributed by atoms with Gasteiger partial charge in [0.15, 0.2) is 5.79 Å². The second-order valence-corrected chi connectivity index (χ2v) is 6.95. The topological polar surface area (TPSA) is 85.8 Å². The van der Waals surface area contributed by atoms with E-state index in [0.717, 1.165) is 37.4 Å². The molecule has 1 aromatic carbocycles. The van der Waals surface area contributed by atoms with Crippen molar-refractivity contribution in [2.24, 2.45) is 0 Å². The summed E-state index contributed by atoms with van der Waals surface area (Å²) in [4.78, 5) is 23.0. The molecule has 0 unspecified atom stereocenters. The number of rotatable bonds is 4. The van der Waals surface area contributed by atoms with Gasteiger partial charge in [-0.25, -0.2) is 14.8 Å². The Balaban J connectivity index is 1.49. The quantitative estimate of drug-likeness (QED) is 0.806. The first-order valence-corrected chi connectivity index (χ1v) is 9.41. The van der Waals surface area contributed by atoms with Crippen molar-refractivity contribution >= 4 is 23.3 Å². The van der Waals surface area contributed by atoms with Crippen molar-refractivity contribution in [3.8, 4) is 0 Å². The largest absolute Gasteiger partial charge is 0.465 e. The van der Waals surface area contributed by atoms with Gasteiger partial charge in [-0.3, -0.25) is 0 Å². The molecule has 2 fully saturated rings. The standard InChI is InChI=1S/C20H24N4O4/c1-14-21-17(23-16-5-3-4-15(12-16)19(25)26-2)13-18(22-14)24-8-6-20(7-9-24)27-10-11-28-20/h3-5,12-13H,6-11H2,1-2H3,(H,21,22,23). The van der Waals surface area contributed by atoms with Crippen LogP contribution in [0.4, 0.5) is 17.3 Å². The fourth-order valence-corrected chi connectivity index (χ4v) is 3.63. The van der Waals surface area contributed by atoms with E-state index >= 15 is 0 Å². The minimum Gasteiger partial charge on any atom is -0.465 e. The fourth-order valence-electron chi connectivity index (χ4n) is 3.63. The lowest BCUT2D eigenvalue weighted by Crippen LogP contribution is -2.45. The summed E-state index contributed by atoms with van der Waals surface area (Å²) in [6.07, 6.45) is 1.64. The highest BCUT2D eigenvalue weighted by molar-refractivity contribution is 5.90.